The lowest BCUT2D eigenvalue weighted by atomic mass is 9.99. The van der Waals surface area contributed by atoms with Gasteiger partial charge < -0.3 is 19.9 Å². The van der Waals surface area contributed by atoms with Gasteiger partial charge in [0.1, 0.15) is 5.82 Å². The van der Waals surface area contributed by atoms with Gasteiger partial charge in [0.2, 0.25) is 5.88 Å². The lowest BCUT2D eigenvalue weighted by Crippen LogP contribution is -2.53. The van der Waals surface area contributed by atoms with Gasteiger partial charge in [-0.1, -0.05) is 12.6 Å². The van der Waals surface area contributed by atoms with Gasteiger partial charge in [0.25, 0.3) is 0 Å². The Hall–Kier alpha value is -2.71. The molecule has 0 radical (unpaired) electrons. The van der Waals surface area contributed by atoms with E-state index in [1.54, 1.807) is 19.4 Å². The molecule has 0 aromatic carbocycles. The number of rotatable bonds is 12. The highest BCUT2D eigenvalue weighted by Crippen LogP contribution is 2.30. The second-order valence-corrected chi connectivity index (χ2v) is 8.26. The normalized spacial score (nSPS) is 18.6. The quantitative estimate of drug-likeness (QED) is 0.379. The maximum Gasteiger partial charge on any atom is 0.305 e. The minimum absolute atomic E-state index is 0.0309. The zero-order chi connectivity index (χ0) is 22.9. The number of nitrogens with zero attached hydrogens (tertiary/aromatic N) is 3. The summed E-state index contributed by atoms with van der Waals surface area (Å²) in [4.78, 5) is 22.4. The first-order chi connectivity index (χ1) is 15.5. The summed E-state index contributed by atoms with van der Waals surface area (Å²) in [5.74, 6) is 0.671. The molecule has 1 saturated heterocycles. The molecule has 0 spiro atoms. The fraction of sp³-hybridized carbons (Fsp3) is 0.542. The second kappa shape index (κ2) is 11.8. The molecule has 0 amide bonds. The van der Waals surface area contributed by atoms with Crippen molar-refractivity contribution in [3.05, 3.63) is 47.9 Å². The number of likely N-dealkylation sites (tertiary alicyclic amines) is 1. The second-order valence-electron chi connectivity index (χ2n) is 8.26. The summed E-state index contributed by atoms with van der Waals surface area (Å²) < 4.78 is 11.1. The average Bonchev–Trinajstić information content (AvgIpc) is 2.77. The molecule has 1 aromatic rings. The van der Waals surface area contributed by atoms with Gasteiger partial charge in [-0.05, 0) is 49.8 Å². The molecule has 2 N–H and O–H groups in total. The highest BCUT2D eigenvalue weighted by atomic mass is 16.5. The predicted molar refractivity (Wildman–Crippen MR) is 124 cm³/mol. The van der Waals surface area contributed by atoms with Crippen molar-refractivity contribution in [1.82, 2.24) is 15.2 Å². The number of methoxy groups -OCH3 is 1. The van der Waals surface area contributed by atoms with Crippen molar-refractivity contribution in [2.75, 3.05) is 33.4 Å². The fourth-order valence-corrected chi connectivity index (χ4v) is 3.98. The van der Waals surface area contributed by atoms with Crippen LogP contribution in [0.3, 0.4) is 0 Å². The molecule has 0 saturated carbocycles. The van der Waals surface area contributed by atoms with Gasteiger partial charge in [0.15, 0.2) is 0 Å². The van der Waals surface area contributed by atoms with Gasteiger partial charge in [-0.25, -0.2) is 9.98 Å². The zero-order valence-electron chi connectivity index (χ0n) is 19.0. The van der Waals surface area contributed by atoms with Crippen molar-refractivity contribution in [1.29, 1.82) is 0 Å². The summed E-state index contributed by atoms with van der Waals surface area (Å²) in [7, 11) is 1.56. The van der Waals surface area contributed by atoms with Crippen LogP contribution in [-0.4, -0.2) is 66.1 Å². The van der Waals surface area contributed by atoms with Crippen LogP contribution < -0.4 is 10.1 Å². The van der Waals surface area contributed by atoms with Gasteiger partial charge in [-0.15, -0.1) is 0 Å². The molecule has 32 heavy (non-hydrogen) atoms. The molecule has 8 nitrogen and oxygen atoms in total. The summed E-state index contributed by atoms with van der Waals surface area (Å²) in [5.41, 5.74) is 3.14. The Morgan fingerprint density at radius 1 is 1.47 bits per heavy atom. The molecule has 1 aromatic heterocycles. The topological polar surface area (TPSA) is 96.3 Å². The van der Waals surface area contributed by atoms with Gasteiger partial charge in [0.05, 0.1) is 19.6 Å². The van der Waals surface area contributed by atoms with Crippen LogP contribution in [0.25, 0.3) is 0 Å². The maximum absolute atomic E-state index is 11.4. The van der Waals surface area contributed by atoms with E-state index in [0.717, 1.165) is 49.3 Å². The maximum atomic E-state index is 11.4. The number of aromatic nitrogens is 1. The Balaban J connectivity index is 1.44. The number of pyridine rings is 1. The molecule has 0 aliphatic carbocycles. The lowest BCUT2D eigenvalue weighted by Gasteiger charge is -2.43. The number of ether oxygens (including phenoxy) is 2. The van der Waals surface area contributed by atoms with Gasteiger partial charge in [-0.3, -0.25) is 9.69 Å². The van der Waals surface area contributed by atoms with Crippen molar-refractivity contribution >= 4 is 11.7 Å². The van der Waals surface area contributed by atoms with E-state index >= 15 is 0 Å². The van der Waals surface area contributed by atoms with Crippen LogP contribution in [0.15, 0.2) is 47.4 Å². The van der Waals surface area contributed by atoms with E-state index in [2.05, 4.69) is 28.7 Å². The molecule has 3 rings (SSSR count). The monoisotopic (exact) mass is 442 g/mol. The Morgan fingerprint density at radius 3 is 2.91 bits per heavy atom. The average molecular weight is 443 g/mol. The number of hydrogen-bond acceptors (Lipinski definition) is 7. The van der Waals surface area contributed by atoms with Crippen molar-refractivity contribution in [3.63, 3.8) is 0 Å². The number of aliphatic imine (C=N–C) groups is 1. The molecular formula is C24H34N4O4. The first kappa shape index (κ1) is 23.9. The van der Waals surface area contributed by atoms with Crippen molar-refractivity contribution in [2.24, 2.45) is 4.99 Å². The minimum atomic E-state index is -0.829. The molecule has 2 aliphatic heterocycles. The van der Waals surface area contributed by atoms with E-state index in [9.17, 15) is 9.90 Å². The van der Waals surface area contributed by atoms with E-state index in [0.29, 0.717) is 25.6 Å². The number of carbonyl (C=O) groups is 1. The highest BCUT2D eigenvalue weighted by Gasteiger charge is 2.35. The standard InChI is InChI=1S/C24H34N4O4/c1-4-19(27-24-17(2)7-5-11-25-24)8-6-12-32-20-15-28(16-20)21(13-23(29)30)18-9-10-22(31-3)26-14-18/h4,9-10,14,20-21,25H,1,5-8,11-13,15-16H2,2-3H3,(H,29,30)/b27-19+. The number of nitrogens with one attached hydrogen (secondary N) is 1. The third-order valence-corrected chi connectivity index (χ3v) is 5.89. The molecular weight excluding hydrogens is 408 g/mol. The van der Waals surface area contributed by atoms with Gasteiger partial charge >= 0.3 is 5.97 Å². The minimum Gasteiger partial charge on any atom is -0.481 e. The number of hydrogen-bond donors (Lipinski definition) is 2. The van der Waals surface area contributed by atoms with Crippen LogP contribution >= 0.6 is 0 Å². The Morgan fingerprint density at radius 2 is 2.28 bits per heavy atom. The summed E-state index contributed by atoms with van der Waals surface area (Å²) in [5, 5.41) is 12.7. The van der Waals surface area contributed by atoms with Crippen LogP contribution in [0.2, 0.25) is 0 Å². The summed E-state index contributed by atoms with van der Waals surface area (Å²) >= 11 is 0. The number of carboxylic acids is 1. The third-order valence-electron chi connectivity index (χ3n) is 5.89. The van der Waals surface area contributed by atoms with Gasteiger partial charge in [-0.2, -0.15) is 0 Å². The van der Waals surface area contributed by atoms with Crippen LogP contribution in [0, 0.1) is 0 Å². The molecule has 2 aliphatic rings. The summed E-state index contributed by atoms with van der Waals surface area (Å²) in [6.07, 6.45) is 7.59. The summed E-state index contributed by atoms with van der Waals surface area (Å²) in [6.45, 7) is 9.05. The first-order valence-electron chi connectivity index (χ1n) is 11.2. The van der Waals surface area contributed by atoms with E-state index in [1.807, 2.05) is 12.1 Å². The molecule has 8 heteroatoms. The number of allylic oxidation sites excluding steroid dienone is 2. The largest absolute Gasteiger partial charge is 0.481 e. The molecule has 3 heterocycles. The predicted octanol–water partition coefficient (Wildman–Crippen LogP) is 3.33. The van der Waals surface area contributed by atoms with Crippen molar-refractivity contribution in [3.8, 4) is 5.88 Å². The fourth-order valence-electron chi connectivity index (χ4n) is 3.98. The number of aliphatic carboxylic acids is 1. The molecule has 174 valence electrons. The van der Waals surface area contributed by atoms with Crippen LogP contribution in [0.5, 0.6) is 5.88 Å². The van der Waals surface area contributed by atoms with Crippen molar-refractivity contribution < 1.29 is 19.4 Å². The van der Waals surface area contributed by atoms with E-state index in [1.165, 1.54) is 5.57 Å². The Labute approximate surface area is 190 Å². The highest BCUT2D eigenvalue weighted by molar-refractivity contribution is 5.95. The van der Waals surface area contributed by atoms with Crippen molar-refractivity contribution in [2.45, 2.75) is 51.2 Å². The van der Waals surface area contributed by atoms with E-state index in [4.69, 9.17) is 14.5 Å². The SMILES string of the molecule is C=C/C(CCCOC1CN(C(CC(=O)O)c2ccc(OC)nc2)C1)=N\C1=C(C)CCCN1. The van der Waals surface area contributed by atoms with Gasteiger partial charge in [0, 0.05) is 50.3 Å². The number of carboxylic acid groups (broad SMARTS) is 1. The molecule has 1 fully saturated rings. The first-order valence-corrected chi connectivity index (χ1v) is 11.2. The lowest BCUT2D eigenvalue weighted by molar-refractivity contribution is -0.140. The third kappa shape index (κ3) is 6.64. The van der Waals surface area contributed by atoms with Crippen LogP contribution in [0.1, 0.15) is 50.6 Å². The van der Waals surface area contributed by atoms with Crippen LogP contribution in [-0.2, 0) is 9.53 Å². The molecule has 1 unspecified atom stereocenters. The zero-order valence-corrected chi connectivity index (χ0v) is 19.0. The van der Waals surface area contributed by atoms with E-state index in [-0.39, 0.29) is 18.6 Å². The molecule has 1 atom stereocenters. The smallest absolute Gasteiger partial charge is 0.305 e. The molecule has 0 bridgehead atoms. The summed E-state index contributed by atoms with van der Waals surface area (Å²) in [6, 6.07) is 3.42. The van der Waals surface area contributed by atoms with E-state index < -0.39 is 5.97 Å². The Kier molecular flexibility index (Phi) is 8.81. The Bertz CT molecular complexity index is 844. The van der Waals surface area contributed by atoms with Crippen LogP contribution in [0.4, 0.5) is 0 Å².